The van der Waals surface area contributed by atoms with Crippen LogP contribution in [-0.4, -0.2) is 35.1 Å². The molecule has 18 heavy (non-hydrogen) atoms. The summed E-state index contributed by atoms with van der Waals surface area (Å²) in [4.78, 5) is 8.26. The molecule has 3 aromatic heterocycles. The van der Waals surface area contributed by atoms with E-state index in [-0.39, 0.29) is 0 Å². The normalized spacial score (nSPS) is 11.1. The Kier molecular flexibility index (Phi) is 2.22. The Morgan fingerprint density at radius 2 is 2.17 bits per heavy atom. The average molecular weight is 245 g/mol. The van der Waals surface area contributed by atoms with E-state index in [0.717, 1.165) is 17.0 Å². The zero-order valence-corrected chi connectivity index (χ0v) is 10.2. The van der Waals surface area contributed by atoms with Crippen LogP contribution in [0.5, 0.6) is 0 Å². The molecule has 92 valence electrons. The summed E-state index contributed by atoms with van der Waals surface area (Å²) in [5.74, 6) is 1.29. The zero-order chi connectivity index (χ0) is 12.7. The number of rotatable bonds is 2. The van der Waals surface area contributed by atoms with Crippen LogP contribution < -0.4 is 0 Å². The Morgan fingerprint density at radius 1 is 1.33 bits per heavy atom. The van der Waals surface area contributed by atoms with Crippen LogP contribution in [0.4, 0.5) is 0 Å². The van der Waals surface area contributed by atoms with Crippen LogP contribution in [0, 0.1) is 13.8 Å². The maximum absolute atomic E-state index is 5.25. The molecule has 0 amide bonds. The number of H-pyrrole nitrogens is 1. The molecule has 0 radical (unpaired) electrons. The van der Waals surface area contributed by atoms with Crippen molar-refractivity contribution in [2.75, 3.05) is 0 Å². The minimum Gasteiger partial charge on any atom is -0.333 e. The molecule has 3 rings (SSSR count). The molecule has 0 unspecified atom stereocenters. The Labute approximate surface area is 102 Å². The molecule has 0 aromatic carbocycles. The van der Waals surface area contributed by atoms with Crippen LogP contribution in [0.1, 0.15) is 11.4 Å². The van der Waals surface area contributed by atoms with Crippen molar-refractivity contribution in [3.8, 4) is 23.1 Å². The van der Waals surface area contributed by atoms with Gasteiger partial charge in [-0.3, -0.25) is 9.78 Å². The van der Waals surface area contributed by atoms with E-state index >= 15 is 0 Å². The van der Waals surface area contributed by atoms with Gasteiger partial charge in [0.25, 0.3) is 5.89 Å². The Bertz CT molecular complexity index is 679. The van der Waals surface area contributed by atoms with Crippen LogP contribution in [0.3, 0.4) is 0 Å². The fourth-order valence-electron chi connectivity index (χ4n) is 1.82. The summed E-state index contributed by atoms with van der Waals surface area (Å²) in [6, 6.07) is 0. The molecule has 3 heterocycles. The minimum atomic E-state index is 0.380. The van der Waals surface area contributed by atoms with Crippen molar-refractivity contribution >= 4 is 0 Å². The number of nitrogens with zero attached hydrogens (tertiary/aromatic N) is 6. The van der Waals surface area contributed by atoms with E-state index in [2.05, 4.69) is 30.4 Å². The molecule has 0 spiro atoms. The predicted octanol–water partition coefficient (Wildman–Crippen LogP) is 0.872. The van der Waals surface area contributed by atoms with Crippen molar-refractivity contribution in [3.05, 3.63) is 17.7 Å². The van der Waals surface area contributed by atoms with Gasteiger partial charge >= 0.3 is 0 Å². The lowest BCUT2D eigenvalue weighted by Gasteiger charge is -1.94. The van der Waals surface area contributed by atoms with Crippen molar-refractivity contribution in [3.63, 3.8) is 0 Å². The monoisotopic (exact) mass is 245 g/mol. The van der Waals surface area contributed by atoms with Gasteiger partial charge in [-0.25, -0.2) is 4.98 Å². The highest BCUT2D eigenvalue weighted by Gasteiger charge is 2.19. The van der Waals surface area contributed by atoms with E-state index in [1.54, 1.807) is 4.68 Å². The van der Waals surface area contributed by atoms with Crippen LogP contribution in [0.15, 0.2) is 10.9 Å². The second-order valence-electron chi connectivity index (χ2n) is 3.93. The molecular formula is C10H11N7O. The van der Waals surface area contributed by atoms with Gasteiger partial charge in [0.05, 0.1) is 11.3 Å². The van der Waals surface area contributed by atoms with Gasteiger partial charge in [0, 0.05) is 12.7 Å². The average Bonchev–Trinajstić information content (AvgIpc) is 3.01. The zero-order valence-electron chi connectivity index (χ0n) is 10.2. The molecule has 0 fully saturated rings. The van der Waals surface area contributed by atoms with Gasteiger partial charge in [-0.05, 0) is 13.8 Å². The summed E-state index contributed by atoms with van der Waals surface area (Å²) in [7, 11) is 1.87. The smallest absolute Gasteiger partial charge is 0.262 e. The Hall–Kier alpha value is -2.51. The summed E-state index contributed by atoms with van der Waals surface area (Å²) < 4.78 is 7.03. The van der Waals surface area contributed by atoms with Crippen molar-refractivity contribution in [2.24, 2.45) is 7.05 Å². The topological polar surface area (TPSA) is 98.3 Å². The molecule has 0 saturated heterocycles. The van der Waals surface area contributed by atoms with Gasteiger partial charge in [-0.1, -0.05) is 5.16 Å². The summed E-state index contributed by atoms with van der Waals surface area (Å²) in [5.41, 5.74) is 2.68. The van der Waals surface area contributed by atoms with Gasteiger partial charge in [0.2, 0.25) is 5.82 Å². The van der Waals surface area contributed by atoms with Crippen molar-refractivity contribution < 1.29 is 4.52 Å². The first-order chi connectivity index (χ1) is 8.66. The maximum atomic E-state index is 5.25. The first kappa shape index (κ1) is 10.6. The predicted molar refractivity (Wildman–Crippen MR) is 61.4 cm³/mol. The number of aromatic nitrogens is 7. The minimum absolute atomic E-state index is 0.380. The first-order valence-corrected chi connectivity index (χ1v) is 5.37. The number of aryl methyl sites for hydroxylation is 2. The highest BCUT2D eigenvalue weighted by atomic mass is 16.5. The molecule has 0 aliphatic rings. The van der Waals surface area contributed by atoms with Crippen molar-refractivity contribution in [2.45, 2.75) is 13.8 Å². The lowest BCUT2D eigenvalue weighted by Crippen LogP contribution is -1.92. The van der Waals surface area contributed by atoms with E-state index < -0.39 is 0 Å². The molecule has 8 heteroatoms. The second-order valence-corrected chi connectivity index (χ2v) is 3.93. The van der Waals surface area contributed by atoms with Gasteiger partial charge < -0.3 is 4.52 Å². The molecule has 0 atom stereocenters. The van der Waals surface area contributed by atoms with Crippen LogP contribution in [-0.2, 0) is 7.05 Å². The van der Waals surface area contributed by atoms with Gasteiger partial charge in [0.15, 0.2) is 5.82 Å². The number of nitrogens with one attached hydrogen (secondary N) is 1. The molecule has 0 aliphatic heterocycles. The summed E-state index contributed by atoms with van der Waals surface area (Å²) >= 11 is 0. The summed E-state index contributed by atoms with van der Waals surface area (Å²) in [6.07, 6.45) is 1.39. The number of aromatic amines is 1. The third kappa shape index (κ3) is 1.50. The molecule has 0 aliphatic carbocycles. The van der Waals surface area contributed by atoms with Crippen molar-refractivity contribution in [1.82, 2.24) is 35.1 Å². The standard InChI is InChI=1S/C10H11N7O/c1-5-7(6(2)17(3)15-5)10-13-9(16-18-10)8-11-4-12-14-8/h4H,1-3H3,(H,11,12,14). The summed E-state index contributed by atoms with van der Waals surface area (Å²) in [5, 5.41) is 14.6. The van der Waals surface area contributed by atoms with E-state index in [1.165, 1.54) is 6.33 Å². The van der Waals surface area contributed by atoms with Crippen LogP contribution >= 0.6 is 0 Å². The quantitative estimate of drug-likeness (QED) is 0.719. The molecule has 0 bridgehead atoms. The van der Waals surface area contributed by atoms with Crippen molar-refractivity contribution in [1.29, 1.82) is 0 Å². The highest BCUT2D eigenvalue weighted by Crippen LogP contribution is 2.26. The Morgan fingerprint density at radius 3 is 2.78 bits per heavy atom. The molecule has 3 aromatic rings. The number of hydrogen-bond acceptors (Lipinski definition) is 6. The van der Waals surface area contributed by atoms with E-state index in [9.17, 15) is 0 Å². The van der Waals surface area contributed by atoms with E-state index in [4.69, 9.17) is 4.52 Å². The lowest BCUT2D eigenvalue weighted by molar-refractivity contribution is 0.431. The lowest BCUT2D eigenvalue weighted by atomic mass is 10.2. The first-order valence-electron chi connectivity index (χ1n) is 5.37. The fraction of sp³-hybridized carbons (Fsp3) is 0.300. The number of hydrogen-bond donors (Lipinski definition) is 1. The Balaban J connectivity index is 2.08. The largest absolute Gasteiger partial charge is 0.333 e. The molecule has 1 N–H and O–H groups in total. The van der Waals surface area contributed by atoms with E-state index in [1.807, 2.05) is 20.9 Å². The molecular weight excluding hydrogens is 234 g/mol. The van der Waals surface area contributed by atoms with Crippen LogP contribution in [0.25, 0.3) is 23.1 Å². The second kappa shape index (κ2) is 3.76. The van der Waals surface area contributed by atoms with Gasteiger partial charge in [0.1, 0.15) is 6.33 Å². The van der Waals surface area contributed by atoms with Gasteiger partial charge in [-0.15, -0.1) is 0 Å². The SMILES string of the molecule is Cc1nn(C)c(C)c1-c1nc(-c2ncn[nH]2)no1. The third-order valence-electron chi connectivity index (χ3n) is 2.78. The van der Waals surface area contributed by atoms with E-state index in [0.29, 0.717) is 17.5 Å². The highest BCUT2D eigenvalue weighted by molar-refractivity contribution is 5.61. The summed E-state index contributed by atoms with van der Waals surface area (Å²) in [6.45, 7) is 3.86. The molecule has 0 saturated carbocycles. The maximum Gasteiger partial charge on any atom is 0.262 e. The van der Waals surface area contributed by atoms with Crippen LogP contribution in [0.2, 0.25) is 0 Å². The molecule has 8 nitrogen and oxygen atoms in total. The van der Waals surface area contributed by atoms with Gasteiger partial charge in [-0.2, -0.15) is 15.2 Å². The fourth-order valence-corrected chi connectivity index (χ4v) is 1.82. The third-order valence-corrected chi connectivity index (χ3v) is 2.78.